The molecule has 1 aromatic heterocycles. The maximum absolute atomic E-state index is 11.5. The SMILES string of the molecule is CCOc1cc(=O)n(C)nc1-c1ccccc1. The highest BCUT2D eigenvalue weighted by Crippen LogP contribution is 2.25. The second-order valence-corrected chi connectivity index (χ2v) is 3.62. The molecule has 0 bridgehead atoms. The van der Waals surface area contributed by atoms with Crippen molar-refractivity contribution in [1.82, 2.24) is 9.78 Å². The number of hydrogen-bond donors (Lipinski definition) is 0. The van der Waals surface area contributed by atoms with Crippen LogP contribution >= 0.6 is 0 Å². The standard InChI is InChI=1S/C13H14N2O2/c1-3-17-11-9-12(16)15(2)14-13(11)10-7-5-4-6-8-10/h4-9H,3H2,1-2H3. The molecule has 4 nitrogen and oxygen atoms in total. The fraction of sp³-hybridized carbons (Fsp3) is 0.231. The molecule has 0 fully saturated rings. The molecule has 2 rings (SSSR count). The molecule has 17 heavy (non-hydrogen) atoms. The van der Waals surface area contributed by atoms with Gasteiger partial charge in [-0.05, 0) is 6.92 Å². The van der Waals surface area contributed by atoms with Crippen molar-refractivity contribution < 1.29 is 4.74 Å². The molecule has 0 N–H and O–H groups in total. The first-order valence-corrected chi connectivity index (χ1v) is 5.49. The third kappa shape index (κ3) is 2.36. The lowest BCUT2D eigenvalue weighted by molar-refractivity contribution is 0.338. The number of ether oxygens (including phenoxy) is 1. The Bertz CT molecular complexity index is 561. The van der Waals surface area contributed by atoms with Crippen LogP contribution in [0.25, 0.3) is 11.3 Å². The second-order valence-electron chi connectivity index (χ2n) is 3.62. The summed E-state index contributed by atoms with van der Waals surface area (Å²) in [4.78, 5) is 11.5. The lowest BCUT2D eigenvalue weighted by Crippen LogP contribution is -2.19. The summed E-state index contributed by atoms with van der Waals surface area (Å²) in [5, 5.41) is 4.24. The number of aromatic nitrogens is 2. The Labute approximate surface area is 99.5 Å². The summed E-state index contributed by atoms with van der Waals surface area (Å²) >= 11 is 0. The quantitative estimate of drug-likeness (QED) is 0.808. The molecule has 0 aliphatic heterocycles. The zero-order valence-corrected chi connectivity index (χ0v) is 9.88. The number of rotatable bonds is 3. The highest BCUT2D eigenvalue weighted by atomic mass is 16.5. The molecule has 1 heterocycles. The van der Waals surface area contributed by atoms with Gasteiger partial charge in [0.15, 0.2) is 5.75 Å². The first kappa shape index (κ1) is 11.4. The van der Waals surface area contributed by atoms with Crippen LogP contribution in [0, 0.1) is 0 Å². The maximum Gasteiger partial charge on any atom is 0.270 e. The van der Waals surface area contributed by atoms with Gasteiger partial charge in [-0.1, -0.05) is 30.3 Å². The first-order valence-electron chi connectivity index (χ1n) is 5.49. The summed E-state index contributed by atoms with van der Waals surface area (Å²) < 4.78 is 6.76. The molecule has 0 aliphatic carbocycles. The van der Waals surface area contributed by atoms with Crippen LogP contribution in [-0.4, -0.2) is 16.4 Å². The van der Waals surface area contributed by atoms with E-state index >= 15 is 0 Å². The molecular weight excluding hydrogens is 216 g/mol. The van der Waals surface area contributed by atoms with Gasteiger partial charge in [0.1, 0.15) is 5.69 Å². The molecule has 2 aromatic rings. The number of benzene rings is 1. The van der Waals surface area contributed by atoms with Crippen molar-refractivity contribution in [1.29, 1.82) is 0 Å². The molecule has 1 aromatic carbocycles. The average Bonchev–Trinajstić information content (AvgIpc) is 2.35. The maximum atomic E-state index is 11.5. The van der Waals surface area contributed by atoms with E-state index in [0.29, 0.717) is 18.1 Å². The lowest BCUT2D eigenvalue weighted by atomic mass is 10.1. The van der Waals surface area contributed by atoms with Crippen molar-refractivity contribution in [2.45, 2.75) is 6.92 Å². The zero-order chi connectivity index (χ0) is 12.3. The highest BCUT2D eigenvalue weighted by molar-refractivity contribution is 5.65. The van der Waals surface area contributed by atoms with Crippen LogP contribution in [0.3, 0.4) is 0 Å². The summed E-state index contributed by atoms with van der Waals surface area (Å²) in [5.41, 5.74) is 1.45. The third-order valence-corrected chi connectivity index (χ3v) is 2.40. The molecule has 4 heteroatoms. The summed E-state index contributed by atoms with van der Waals surface area (Å²) in [5.74, 6) is 0.529. The average molecular weight is 230 g/mol. The fourth-order valence-electron chi connectivity index (χ4n) is 1.58. The second kappa shape index (κ2) is 4.82. The molecule has 0 spiro atoms. The number of hydrogen-bond acceptors (Lipinski definition) is 3. The van der Waals surface area contributed by atoms with Crippen molar-refractivity contribution in [3.63, 3.8) is 0 Å². The Hall–Kier alpha value is -2.10. The van der Waals surface area contributed by atoms with Crippen molar-refractivity contribution in [2.75, 3.05) is 6.61 Å². The normalized spacial score (nSPS) is 10.2. The Balaban J connectivity index is 2.59. The molecule has 0 amide bonds. The van der Waals surface area contributed by atoms with E-state index in [0.717, 1.165) is 5.56 Å². The van der Waals surface area contributed by atoms with Gasteiger partial charge in [0.05, 0.1) is 6.61 Å². The van der Waals surface area contributed by atoms with Gasteiger partial charge in [-0.25, -0.2) is 4.68 Å². The van der Waals surface area contributed by atoms with E-state index < -0.39 is 0 Å². The van der Waals surface area contributed by atoms with E-state index in [-0.39, 0.29) is 5.56 Å². The Kier molecular flexibility index (Phi) is 3.23. The van der Waals surface area contributed by atoms with Crippen molar-refractivity contribution in [3.05, 3.63) is 46.8 Å². The molecule has 0 unspecified atom stereocenters. The predicted molar refractivity (Wildman–Crippen MR) is 66.1 cm³/mol. The van der Waals surface area contributed by atoms with E-state index in [2.05, 4.69) is 5.10 Å². The number of nitrogens with zero attached hydrogens (tertiary/aromatic N) is 2. The topological polar surface area (TPSA) is 44.1 Å². The minimum Gasteiger partial charge on any atom is -0.491 e. The van der Waals surface area contributed by atoms with Crippen LogP contribution in [-0.2, 0) is 7.05 Å². The molecule has 0 radical (unpaired) electrons. The predicted octanol–water partition coefficient (Wildman–Crippen LogP) is 1.85. The Morgan fingerprint density at radius 1 is 1.29 bits per heavy atom. The third-order valence-electron chi connectivity index (χ3n) is 2.40. The van der Waals surface area contributed by atoms with Crippen LogP contribution in [0.15, 0.2) is 41.2 Å². The van der Waals surface area contributed by atoms with Crippen molar-refractivity contribution >= 4 is 0 Å². The van der Waals surface area contributed by atoms with E-state index in [1.807, 2.05) is 37.3 Å². The monoisotopic (exact) mass is 230 g/mol. The van der Waals surface area contributed by atoms with E-state index in [1.165, 1.54) is 10.7 Å². The zero-order valence-electron chi connectivity index (χ0n) is 9.88. The summed E-state index contributed by atoms with van der Waals surface area (Å²) in [7, 11) is 1.63. The van der Waals surface area contributed by atoms with E-state index in [4.69, 9.17) is 4.74 Å². The molecule has 0 saturated heterocycles. The van der Waals surface area contributed by atoms with Gasteiger partial charge in [-0.15, -0.1) is 0 Å². The number of aryl methyl sites for hydroxylation is 1. The lowest BCUT2D eigenvalue weighted by Gasteiger charge is -2.10. The van der Waals surface area contributed by atoms with Gasteiger partial charge < -0.3 is 4.74 Å². The van der Waals surface area contributed by atoms with Gasteiger partial charge in [-0.2, -0.15) is 5.10 Å². The molecular formula is C13H14N2O2. The van der Waals surface area contributed by atoms with Crippen LogP contribution < -0.4 is 10.3 Å². The highest BCUT2D eigenvalue weighted by Gasteiger charge is 2.10. The molecule has 0 aliphatic rings. The van der Waals surface area contributed by atoms with Gasteiger partial charge >= 0.3 is 0 Å². The first-order chi connectivity index (χ1) is 8.22. The minimum atomic E-state index is -0.173. The van der Waals surface area contributed by atoms with Crippen LogP contribution in [0.2, 0.25) is 0 Å². The van der Waals surface area contributed by atoms with Crippen LogP contribution in [0.5, 0.6) is 5.75 Å². The Morgan fingerprint density at radius 3 is 2.65 bits per heavy atom. The van der Waals surface area contributed by atoms with Gasteiger partial charge in [0.25, 0.3) is 5.56 Å². The van der Waals surface area contributed by atoms with Crippen molar-refractivity contribution in [3.8, 4) is 17.0 Å². The molecule has 0 atom stereocenters. The van der Waals surface area contributed by atoms with Gasteiger partial charge in [0, 0.05) is 18.7 Å². The summed E-state index contributed by atoms with van der Waals surface area (Å²) in [6, 6.07) is 11.1. The largest absolute Gasteiger partial charge is 0.491 e. The molecule has 0 saturated carbocycles. The van der Waals surface area contributed by atoms with Gasteiger partial charge in [-0.3, -0.25) is 4.79 Å². The Morgan fingerprint density at radius 2 is 2.00 bits per heavy atom. The van der Waals surface area contributed by atoms with E-state index in [9.17, 15) is 4.79 Å². The van der Waals surface area contributed by atoms with Crippen LogP contribution in [0.1, 0.15) is 6.92 Å². The molecule has 88 valence electrons. The van der Waals surface area contributed by atoms with E-state index in [1.54, 1.807) is 7.05 Å². The summed E-state index contributed by atoms with van der Waals surface area (Å²) in [6.45, 7) is 2.39. The smallest absolute Gasteiger partial charge is 0.270 e. The van der Waals surface area contributed by atoms with Gasteiger partial charge in [0.2, 0.25) is 0 Å². The minimum absolute atomic E-state index is 0.173. The fourth-order valence-corrected chi connectivity index (χ4v) is 1.58. The summed E-state index contributed by atoms with van der Waals surface area (Å²) in [6.07, 6.45) is 0. The van der Waals surface area contributed by atoms with Crippen LogP contribution in [0.4, 0.5) is 0 Å². The van der Waals surface area contributed by atoms with Crippen molar-refractivity contribution in [2.24, 2.45) is 7.05 Å².